The summed E-state index contributed by atoms with van der Waals surface area (Å²) in [5.41, 5.74) is 5.91. The van der Waals surface area contributed by atoms with E-state index in [-0.39, 0.29) is 5.41 Å². The first-order valence-electron chi connectivity index (χ1n) is 7.40. The molecular formula is C14H27N3OS. The number of nitrogens with two attached hydrogens (primary N) is 1. The van der Waals surface area contributed by atoms with Gasteiger partial charge in [-0.15, -0.1) is 0 Å². The van der Waals surface area contributed by atoms with Gasteiger partial charge in [-0.2, -0.15) is 0 Å². The van der Waals surface area contributed by atoms with Crippen LogP contribution in [0.25, 0.3) is 0 Å². The van der Waals surface area contributed by atoms with Crippen molar-refractivity contribution >= 4 is 17.2 Å². The van der Waals surface area contributed by atoms with E-state index in [2.05, 4.69) is 23.6 Å². The molecule has 1 unspecified atom stereocenters. The number of thiocarbonyl (C=S) groups is 1. The molecule has 0 aliphatic carbocycles. The summed E-state index contributed by atoms with van der Waals surface area (Å²) in [5, 5.41) is 0. The van der Waals surface area contributed by atoms with Gasteiger partial charge >= 0.3 is 0 Å². The van der Waals surface area contributed by atoms with Crippen LogP contribution < -0.4 is 5.73 Å². The molecule has 2 saturated heterocycles. The van der Waals surface area contributed by atoms with E-state index in [1.807, 2.05) is 0 Å². The number of piperidine rings is 1. The standard InChI is InChI=1S/C14H27N3OS/c1-3-16-8-9-18-12(10-16)11-17-6-4-14(2,5-7-17)13(15)19/h12H,3-11H2,1-2H3,(H2,15,19). The van der Waals surface area contributed by atoms with Gasteiger partial charge in [0.2, 0.25) is 0 Å². The Labute approximate surface area is 122 Å². The van der Waals surface area contributed by atoms with Crippen molar-refractivity contribution in [3.63, 3.8) is 0 Å². The van der Waals surface area contributed by atoms with Gasteiger partial charge in [-0.3, -0.25) is 4.90 Å². The summed E-state index contributed by atoms with van der Waals surface area (Å²) in [6.45, 7) is 11.8. The number of likely N-dealkylation sites (tertiary alicyclic amines) is 1. The molecule has 0 aromatic heterocycles. The van der Waals surface area contributed by atoms with Crippen molar-refractivity contribution in [1.29, 1.82) is 0 Å². The maximum absolute atomic E-state index is 5.88. The molecule has 1 atom stereocenters. The number of rotatable bonds is 4. The van der Waals surface area contributed by atoms with Gasteiger partial charge in [0.05, 0.1) is 17.7 Å². The zero-order valence-electron chi connectivity index (χ0n) is 12.2. The van der Waals surface area contributed by atoms with Crippen molar-refractivity contribution in [3.05, 3.63) is 0 Å². The molecule has 2 heterocycles. The molecule has 2 rings (SSSR count). The van der Waals surface area contributed by atoms with Crippen molar-refractivity contribution in [2.75, 3.05) is 45.9 Å². The molecule has 0 saturated carbocycles. The zero-order valence-corrected chi connectivity index (χ0v) is 13.0. The number of nitrogens with zero attached hydrogens (tertiary/aromatic N) is 2. The Balaban J connectivity index is 1.78. The van der Waals surface area contributed by atoms with Crippen LogP contribution in [0, 0.1) is 5.41 Å². The van der Waals surface area contributed by atoms with E-state index in [0.29, 0.717) is 11.1 Å². The number of likely N-dealkylation sites (N-methyl/N-ethyl adjacent to an activating group) is 1. The first-order chi connectivity index (χ1) is 9.03. The Morgan fingerprint density at radius 2 is 2.00 bits per heavy atom. The van der Waals surface area contributed by atoms with Gasteiger partial charge in [0.15, 0.2) is 0 Å². The second-order valence-electron chi connectivity index (χ2n) is 6.11. The highest BCUT2D eigenvalue weighted by Gasteiger charge is 2.33. The van der Waals surface area contributed by atoms with Crippen LogP contribution in [0.2, 0.25) is 0 Å². The molecule has 0 radical (unpaired) electrons. The maximum Gasteiger partial charge on any atom is 0.0829 e. The summed E-state index contributed by atoms with van der Waals surface area (Å²) in [7, 11) is 0. The maximum atomic E-state index is 5.88. The number of hydrogen-bond acceptors (Lipinski definition) is 4. The van der Waals surface area contributed by atoms with Gasteiger partial charge in [0.1, 0.15) is 0 Å². The predicted octanol–water partition coefficient (Wildman–Crippen LogP) is 1.10. The predicted molar refractivity (Wildman–Crippen MR) is 82.4 cm³/mol. The monoisotopic (exact) mass is 285 g/mol. The van der Waals surface area contributed by atoms with Crippen LogP contribution in [0.15, 0.2) is 0 Å². The normalized spacial score (nSPS) is 29.3. The van der Waals surface area contributed by atoms with E-state index in [1.54, 1.807) is 0 Å². The lowest BCUT2D eigenvalue weighted by Gasteiger charge is -2.41. The highest BCUT2D eigenvalue weighted by atomic mass is 32.1. The molecule has 4 nitrogen and oxygen atoms in total. The molecule has 19 heavy (non-hydrogen) atoms. The fourth-order valence-electron chi connectivity index (χ4n) is 2.94. The smallest absolute Gasteiger partial charge is 0.0829 e. The van der Waals surface area contributed by atoms with Gasteiger partial charge in [-0.05, 0) is 32.5 Å². The minimum absolute atomic E-state index is 0.0642. The quantitative estimate of drug-likeness (QED) is 0.783. The van der Waals surface area contributed by atoms with E-state index in [9.17, 15) is 0 Å². The van der Waals surface area contributed by atoms with Crippen LogP contribution >= 0.6 is 12.2 Å². The van der Waals surface area contributed by atoms with Crippen LogP contribution in [-0.4, -0.2) is 66.8 Å². The molecule has 2 N–H and O–H groups in total. The number of ether oxygens (including phenoxy) is 1. The Hall–Kier alpha value is -0.230. The average molecular weight is 285 g/mol. The molecule has 5 heteroatoms. The molecule has 0 amide bonds. The van der Waals surface area contributed by atoms with E-state index in [1.165, 1.54) is 0 Å². The molecular weight excluding hydrogens is 258 g/mol. The van der Waals surface area contributed by atoms with Gasteiger partial charge in [-0.1, -0.05) is 26.1 Å². The van der Waals surface area contributed by atoms with Crippen LogP contribution in [0.5, 0.6) is 0 Å². The minimum atomic E-state index is 0.0642. The van der Waals surface area contributed by atoms with E-state index in [0.717, 1.165) is 58.7 Å². The van der Waals surface area contributed by atoms with Gasteiger partial charge in [-0.25, -0.2) is 0 Å². The van der Waals surface area contributed by atoms with Crippen molar-refractivity contribution < 1.29 is 4.74 Å². The zero-order chi connectivity index (χ0) is 13.9. The molecule has 0 aromatic carbocycles. The van der Waals surface area contributed by atoms with Gasteiger partial charge < -0.3 is 15.4 Å². The molecule has 2 aliphatic rings. The number of hydrogen-bond donors (Lipinski definition) is 1. The third-order valence-corrected chi connectivity index (χ3v) is 5.18. The lowest BCUT2D eigenvalue weighted by molar-refractivity contribution is -0.0461. The molecule has 0 bridgehead atoms. The first-order valence-corrected chi connectivity index (χ1v) is 7.80. The Kier molecular flexibility index (Phi) is 5.17. The second-order valence-corrected chi connectivity index (χ2v) is 6.55. The number of morpholine rings is 1. The third-order valence-electron chi connectivity index (χ3n) is 4.69. The largest absolute Gasteiger partial charge is 0.393 e. The van der Waals surface area contributed by atoms with Crippen LogP contribution in [0.1, 0.15) is 26.7 Å². The fourth-order valence-corrected chi connectivity index (χ4v) is 3.15. The lowest BCUT2D eigenvalue weighted by Crippen LogP contribution is -2.51. The third kappa shape index (κ3) is 3.88. The van der Waals surface area contributed by atoms with Gasteiger partial charge in [0.25, 0.3) is 0 Å². The Morgan fingerprint density at radius 3 is 2.58 bits per heavy atom. The summed E-state index contributed by atoms with van der Waals surface area (Å²) in [6.07, 6.45) is 2.52. The molecule has 0 aromatic rings. The van der Waals surface area contributed by atoms with E-state index in [4.69, 9.17) is 22.7 Å². The second kappa shape index (κ2) is 6.48. The highest BCUT2D eigenvalue weighted by molar-refractivity contribution is 7.80. The van der Waals surface area contributed by atoms with Crippen molar-refractivity contribution in [1.82, 2.24) is 9.80 Å². The average Bonchev–Trinajstić information content (AvgIpc) is 2.42. The van der Waals surface area contributed by atoms with Crippen LogP contribution in [0.4, 0.5) is 0 Å². The van der Waals surface area contributed by atoms with Crippen molar-refractivity contribution in [3.8, 4) is 0 Å². The Morgan fingerprint density at radius 1 is 1.32 bits per heavy atom. The summed E-state index contributed by atoms with van der Waals surface area (Å²) >= 11 is 5.19. The van der Waals surface area contributed by atoms with Gasteiger partial charge in [0, 0.05) is 25.0 Å². The summed E-state index contributed by atoms with van der Waals surface area (Å²) in [6, 6.07) is 0. The topological polar surface area (TPSA) is 41.7 Å². The van der Waals surface area contributed by atoms with E-state index >= 15 is 0 Å². The van der Waals surface area contributed by atoms with Crippen LogP contribution in [0.3, 0.4) is 0 Å². The van der Waals surface area contributed by atoms with Crippen LogP contribution in [-0.2, 0) is 4.74 Å². The Bertz CT molecular complexity index is 316. The van der Waals surface area contributed by atoms with E-state index < -0.39 is 0 Å². The SMILES string of the molecule is CCN1CCOC(CN2CCC(C)(C(N)=S)CC2)C1. The molecule has 2 aliphatic heterocycles. The highest BCUT2D eigenvalue weighted by Crippen LogP contribution is 2.31. The van der Waals surface area contributed by atoms with Crippen molar-refractivity contribution in [2.45, 2.75) is 32.8 Å². The summed E-state index contributed by atoms with van der Waals surface area (Å²) in [5.74, 6) is 0. The molecule has 0 spiro atoms. The minimum Gasteiger partial charge on any atom is -0.393 e. The molecule has 2 fully saturated rings. The van der Waals surface area contributed by atoms with Crippen molar-refractivity contribution in [2.24, 2.45) is 11.1 Å². The summed E-state index contributed by atoms with van der Waals surface area (Å²) < 4.78 is 5.88. The molecule has 110 valence electrons. The fraction of sp³-hybridized carbons (Fsp3) is 0.929. The lowest BCUT2D eigenvalue weighted by atomic mass is 9.80. The summed E-state index contributed by atoms with van der Waals surface area (Å²) in [4.78, 5) is 5.65. The first kappa shape index (κ1) is 15.2.